The zero-order chi connectivity index (χ0) is 52.2. The van der Waals surface area contributed by atoms with E-state index in [1.807, 2.05) is 0 Å². The Kier molecular flexibility index (Phi) is 11.2. The molecule has 0 saturated heterocycles. The van der Waals surface area contributed by atoms with E-state index >= 15 is 0 Å². The minimum Gasteiger partial charge on any atom is -0.453 e. The van der Waals surface area contributed by atoms with Crippen LogP contribution in [0.25, 0.3) is 127 Å². The number of fused-ring (bicyclic) bond motifs is 8. The average molecular weight is 1010 g/mol. The van der Waals surface area contributed by atoms with Gasteiger partial charge in [-0.3, -0.25) is 0 Å². The quantitative estimate of drug-likeness (QED) is 0.136. The first-order valence-corrected chi connectivity index (χ1v) is 27.1. The highest BCUT2D eigenvalue weighted by Gasteiger charge is 2.23. The summed E-state index contributed by atoms with van der Waals surface area (Å²) >= 11 is 0. The van der Waals surface area contributed by atoms with Gasteiger partial charge in [0, 0.05) is 44.2 Å². The van der Waals surface area contributed by atoms with Gasteiger partial charge in [-0.25, -0.2) is 0 Å². The number of nitrogens with zero attached hydrogens (tertiary/aromatic N) is 2. The number of furan rings is 1. The van der Waals surface area contributed by atoms with Crippen LogP contribution in [-0.4, -0.2) is 4.57 Å². The topological polar surface area (TPSA) is 21.3 Å². The molecule has 3 nitrogen and oxygen atoms in total. The van der Waals surface area contributed by atoms with Crippen molar-refractivity contribution < 1.29 is 4.42 Å². The van der Waals surface area contributed by atoms with Crippen LogP contribution in [0.3, 0.4) is 0 Å². The third-order valence-corrected chi connectivity index (χ3v) is 15.8. The van der Waals surface area contributed by atoms with E-state index in [4.69, 9.17) is 4.42 Å². The van der Waals surface area contributed by atoms with E-state index in [1.54, 1.807) is 0 Å². The molecule has 13 aromatic carbocycles. The van der Waals surface area contributed by atoms with Gasteiger partial charge < -0.3 is 13.9 Å². The van der Waals surface area contributed by atoms with Crippen molar-refractivity contribution in [2.45, 2.75) is 0 Å². The standard InChI is InChI=1S/C76H50N2O/c1-4-15-51(16-5-1)56-35-42-63(43-36-56)77(72-26-14-24-69-74-66-22-11-10-21-62(66)49-70(76(74)79-75(69)72)60-19-8-3-9-20-60)64-44-37-58(38-45-64)55-29-27-53(28-30-55)54-31-33-59(34-32-54)61-41-48-68-67-23-12-13-25-71(67)78(73(68)50-61)65-46-39-57(40-47-65)52-17-6-2-7-18-52/h1-50H. The van der Waals surface area contributed by atoms with Crippen molar-refractivity contribution in [3.8, 4) is 72.4 Å². The van der Waals surface area contributed by atoms with Gasteiger partial charge in [0.2, 0.25) is 0 Å². The molecule has 0 spiro atoms. The Morgan fingerprint density at radius 2 is 0.684 bits per heavy atom. The molecule has 0 atom stereocenters. The molecule has 2 aromatic heterocycles. The number of benzene rings is 13. The van der Waals surface area contributed by atoms with Crippen molar-refractivity contribution in [1.82, 2.24) is 4.57 Å². The summed E-state index contributed by atoms with van der Waals surface area (Å²) in [7, 11) is 0. The fourth-order valence-corrected chi connectivity index (χ4v) is 11.9. The maximum atomic E-state index is 7.18. The van der Waals surface area contributed by atoms with Crippen LogP contribution >= 0.6 is 0 Å². The Morgan fingerprint density at radius 3 is 1.25 bits per heavy atom. The van der Waals surface area contributed by atoms with E-state index in [2.05, 4.69) is 313 Å². The summed E-state index contributed by atoms with van der Waals surface area (Å²) in [5.41, 5.74) is 22.3. The predicted molar refractivity (Wildman–Crippen MR) is 333 cm³/mol. The SMILES string of the molecule is c1ccc(-c2ccc(N(c3ccc(-c4ccc(-c5ccc(-c6ccc7c8ccccc8n(-c8ccc(-c9ccccc9)cc8)c7c6)cc5)cc4)cc3)c3cccc4c3oc3c(-c5ccccc5)cc5ccccc5c34)cc2)cc1. The summed E-state index contributed by atoms with van der Waals surface area (Å²) < 4.78 is 9.58. The fraction of sp³-hybridized carbons (Fsp3) is 0. The predicted octanol–water partition coefficient (Wildman–Crippen LogP) is 21.3. The van der Waals surface area contributed by atoms with E-state index in [9.17, 15) is 0 Å². The minimum absolute atomic E-state index is 0.844. The van der Waals surface area contributed by atoms with Gasteiger partial charge in [-0.15, -0.1) is 0 Å². The monoisotopic (exact) mass is 1010 g/mol. The van der Waals surface area contributed by atoms with Crippen molar-refractivity contribution in [3.63, 3.8) is 0 Å². The molecule has 0 aliphatic rings. The molecule has 0 unspecified atom stereocenters. The van der Waals surface area contributed by atoms with E-state index in [1.165, 1.54) is 77.1 Å². The maximum Gasteiger partial charge on any atom is 0.159 e. The second kappa shape index (κ2) is 19.3. The molecule has 2 heterocycles. The molecule has 0 amide bonds. The van der Waals surface area contributed by atoms with Crippen molar-refractivity contribution in [2.24, 2.45) is 0 Å². The minimum atomic E-state index is 0.844. The van der Waals surface area contributed by atoms with Crippen LogP contribution in [0.2, 0.25) is 0 Å². The summed E-state index contributed by atoms with van der Waals surface area (Å²) in [5, 5.41) is 7.07. The highest BCUT2D eigenvalue weighted by molar-refractivity contribution is 6.24. The van der Waals surface area contributed by atoms with Gasteiger partial charge >= 0.3 is 0 Å². The number of para-hydroxylation sites is 2. The summed E-state index contributed by atoms with van der Waals surface area (Å²) in [6.07, 6.45) is 0. The third kappa shape index (κ3) is 8.16. The Balaban J connectivity index is 0.747. The molecule has 79 heavy (non-hydrogen) atoms. The second-order valence-electron chi connectivity index (χ2n) is 20.4. The van der Waals surface area contributed by atoms with Crippen LogP contribution in [0.5, 0.6) is 0 Å². The van der Waals surface area contributed by atoms with Gasteiger partial charge in [0.1, 0.15) is 5.58 Å². The zero-order valence-electron chi connectivity index (χ0n) is 43.2. The Labute approximate surface area is 458 Å². The lowest BCUT2D eigenvalue weighted by Crippen LogP contribution is -2.10. The van der Waals surface area contributed by atoms with E-state index < -0.39 is 0 Å². The van der Waals surface area contributed by atoms with Gasteiger partial charge in [0.05, 0.1) is 16.7 Å². The smallest absolute Gasteiger partial charge is 0.159 e. The zero-order valence-corrected chi connectivity index (χ0v) is 43.2. The molecule has 0 fully saturated rings. The Hall–Kier alpha value is -10.5. The van der Waals surface area contributed by atoms with Crippen LogP contribution in [0, 0.1) is 0 Å². The number of aromatic nitrogens is 1. The van der Waals surface area contributed by atoms with Gasteiger partial charge in [0.25, 0.3) is 0 Å². The van der Waals surface area contributed by atoms with Crippen molar-refractivity contribution in [3.05, 3.63) is 303 Å². The van der Waals surface area contributed by atoms with Crippen LogP contribution in [0.4, 0.5) is 17.1 Å². The van der Waals surface area contributed by atoms with Gasteiger partial charge in [-0.2, -0.15) is 0 Å². The lowest BCUT2D eigenvalue weighted by Gasteiger charge is -2.26. The van der Waals surface area contributed by atoms with Crippen LogP contribution in [0.1, 0.15) is 0 Å². The number of hydrogen-bond acceptors (Lipinski definition) is 2. The highest BCUT2D eigenvalue weighted by Crippen LogP contribution is 2.47. The lowest BCUT2D eigenvalue weighted by molar-refractivity contribution is 0.670. The normalized spacial score (nSPS) is 11.5. The molecule has 0 aliphatic carbocycles. The molecule has 15 aromatic rings. The Bertz CT molecular complexity index is 4690. The summed E-state index contributed by atoms with van der Waals surface area (Å²) in [5.74, 6) is 0. The molecule has 0 saturated carbocycles. The third-order valence-electron chi connectivity index (χ3n) is 15.8. The van der Waals surface area contributed by atoms with Gasteiger partial charge in [-0.05, 0) is 133 Å². The van der Waals surface area contributed by atoms with Crippen molar-refractivity contribution in [2.75, 3.05) is 4.90 Å². The van der Waals surface area contributed by atoms with E-state index in [0.717, 1.165) is 66.9 Å². The average Bonchev–Trinajstić information content (AvgIpc) is 4.25. The first kappa shape index (κ1) is 45.9. The van der Waals surface area contributed by atoms with Crippen LogP contribution in [0.15, 0.2) is 308 Å². The Morgan fingerprint density at radius 1 is 0.266 bits per heavy atom. The molecular weight excluding hydrogens is 957 g/mol. The van der Waals surface area contributed by atoms with E-state index in [0.29, 0.717) is 0 Å². The van der Waals surface area contributed by atoms with Gasteiger partial charge in [-0.1, -0.05) is 243 Å². The van der Waals surface area contributed by atoms with Crippen molar-refractivity contribution in [1.29, 1.82) is 0 Å². The number of anilines is 3. The van der Waals surface area contributed by atoms with Crippen LogP contribution < -0.4 is 4.90 Å². The second-order valence-corrected chi connectivity index (χ2v) is 20.4. The molecule has 0 bridgehead atoms. The molecule has 0 aliphatic heterocycles. The highest BCUT2D eigenvalue weighted by atomic mass is 16.3. The molecular formula is C76H50N2O. The molecule has 3 heteroatoms. The first-order valence-electron chi connectivity index (χ1n) is 27.1. The summed E-state index contributed by atoms with van der Waals surface area (Å²) in [4.78, 5) is 2.34. The number of hydrogen-bond donors (Lipinski definition) is 0. The maximum absolute atomic E-state index is 7.18. The largest absolute Gasteiger partial charge is 0.453 e. The molecule has 15 rings (SSSR count). The summed E-state index contributed by atoms with van der Waals surface area (Å²) in [6, 6.07) is 110. The lowest BCUT2D eigenvalue weighted by atomic mass is 9.96. The van der Waals surface area contributed by atoms with Crippen molar-refractivity contribution >= 4 is 71.6 Å². The fourth-order valence-electron chi connectivity index (χ4n) is 11.9. The summed E-state index contributed by atoms with van der Waals surface area (Å²) in [6.45, 7) is 0. The molecule has 0 radical (unpaired) electrons. The van der Waals surface area contributed by atoms with E-state index in [-0.39, 0.29) is 0 Å². The first-order chi connectivity index (χ1) is 39.2. The van der Waals surface area contributed by atoms with Gasteiger partial charge in [0.15, 0.2) is 5.58 Å². The molecule has 0 N–H and O–H groups in total. The molecule has 370 valence electrons. The van der Waals surface area contributed by atoms with Crippen LogP contribution in [-0.2, 0) is 0 Å². The number of rotatable bonds is 10.